The van der Waals surface area contributed by atoms with Crippen LogP contribution in [-0.4, -0.2) is 39.8 Å². The Bertz CT molecular complexity index is 6220. The highest BCUT2D eigenvalue weighted by molar-refractivity contribution is 5.83. The van der Waals surface area contributed by atoms with E-state index >= 15 is 0 Å². The molecule has 0 fully saturated rings. The molecule has 0 atom stereocenters. The van der Waals surface area contributed by atoms with Crippen molar-refractivity contribution < 1.29 is 205 Å². The summed E-state index contributed by atoms with van der Waals surface area (Å²) < 4.78 is 515. The van der Waals surface area contributed by atoms with Gasteiger partial charge in [-0.15, -0.1) is 30.7 Å². The molecule has 18 nitrogen and oxygen atoms in total. The summed E-state index contributed by atoms with van der Waals surface area (Å²) in [5.74, 6) is -30.5. The topological polar surface area (TPSA) is 368 Å². The number of benzene rings is 12. The van der Waals surface area contributed by atoms with Gasteiger partial charge in [0.1, 0.15) is 53.2 Å². The summed E-state index contributed by atoms with van der Waals surface area (Å²) in [6, 6.07) is 29.0. The lowest BCUT2D eigenvalue weighted by atomic mass is 9.87. The molecule has 0 amide bonds. The minimum Gasteiger partial charge on any atom is -0.487 e. The van der Waals surface area contributed by atoms with Gasteiger partial charge in [0.25, 0.3) is 0 Å². The minimum absolute atomic E-state index is 0. The second kappa shape index (κ2) is 53.2. The van der Waals surface area contributed by atoms with Crippen LogP contribution < -0.4 is 97.2 Å². The van der Waals surface area contributed by atoms with Gasteiger partial charge in [0, 0.05) is 86.0 Å². The van der Waals surface area contributed by atoms with Crippen LogP contribution in [0.4, 0.5) is 244 Å². The monoisotopic (exact) mass is 2210 g/mol. The molecule has 12 aromatic rings. The quantitative estimate of drug-likeness (QED) is 0.0174. The lowest BCUT2D eigenvalue weighted by Gasteiger charge is -2.25. The summed E-state index contributed by atoms with van der Waals surface area (Å²) in [7, 11) is 0. The third kappa shape index (κ3) is 35.5. The lowest BCUT2D eigenvalue weighted by Crippen LogP contribution is -2.22. The summed E-state index contributed by atoms with van der Waals surface area (Å²) in [5.41, 5.74) is 53.0. The normalized spacial score (nSPS) is 11.3. The first-order valence-electron chi connectivity index (χ1n) is 38.5. The highest BCUT2D eigenvalue weighted by atomic mass is 19.5. The number of aryl methyl sites for hydroxylation is 3. The van der Waals surface area contributed by atoms with E-state index in [1.165, 1.54) is 50.2 Å². The molecule has 12 aromatic carbocycles. The Morgan fingerprint density at radius 3 is 0.820 bits per heavy atom. The zero-order valence-corrected chi connectivity index (χ0v) is 73.0. The van der Waals surface area contributed by atoms with Crippen LogP contribution in [0.5, 0.6) is 40.2 Å². The van der Waals surface area contributed by atoms with Crippen molar-refractivity contribution >= 4 is 68.2 Å². The van der Waals surface area contributed by atoms with Gasteiger partial charge in [0.2, 0.25) is 25.4 Å². The molecule has 0 bridgehead atoms. The maximum Gasteiger partial charge on any atom is 0.573 e. The summed E-state index contributed by atoms with van der Waals surface area (Å²) in [5, 5.41) is 0. The summed E-state index contributed by atoms with van der Waals surface area (Å²) in [4.78, 5) is 0. The fraction of sp³-hybridized carbons (Fsp3) is 0.217. The maximum atomic E-state index is 14.5. The molecule has 0 radical (unpaired) electrons. The van der Waals surface area contributed by atoms with Gasteiger partial charge < -0.3 is 97.2 Å². The van der Waals surface area contributed by atoms with E-state index in [9.17, 15) is 167 Å². The highest BCUT2D eigenvalue weighted by Gasteiger charge is 2.46. The second-order valence-electron chi connectivity index (χ2n) is 28.9. The number of nitrogen functional groups attached to an aromatic ring is 12. The van der Waals surface area contributed by atoms with E-state index in [-0.39, 0.29) is 132 Å². The molecule has 0 saturated carbocycles. The van der Waals surface area contributed by atoms with Crippen LogP contribution in [0.15, 0.2) is 158 Å². The van der Waals surface area contributed by atoms with Gasteiger partial charge in [-0.1, -0.05) is 35.8 Å². The first-order valence-corrected chi connectivity index (χ1v) is 38.5. The number of hydrogen-bond donors (Lipinski definition) is 12. The Morgan fingerprint density at radius 2 is 0.527 bits per heavy atom. The maximum absolute atomic E-state index is 14.5. The van der Waals surface area contributed by atoms with Crippen molar-refractivity contribution in [2.45, 2.75) is 106 Å². The molecular weight excluding hydrogens is 2130 g/mol. The molecule has 0 aliphatic carbocycles. The van der Waals surface area contributed by atoms with Crippen molar-refractivity contribution in [2.24, 2.45) is 0 Å². The van der Waals surface area contributed by atoms with Crippen LogP contribution >= 0.6 is 0 Å². The highest BCUT2D eigenvalue weighted by Crippen LogP contribution is 2.52. The van der Waals surface area contributed by atoms with Gasteiger partial charge in [-0.2, -0.15) is 79.0 Å². The standard InChI is InChI=1S/C20H7F13N2O.C16H14F6N2.C14H10F6N2O.C14H13F3N2O.C14H14F2N2O2.C9H10F4N2O.CF4.4CH4.2FH/c21-8-6(9(22)13(26)16(29)12(8)25)19(7-10(23)14(27)17(30)15(28)11(7)24)36-18-4(34)1-3(2-5(18)35)20(31,32)33;1-7-3-9(23)4-8(2)13(7)14-11(15(17,18)19)5-10(24)6-12(14)16(20,21)22;15-13(16,17)9-5-7(21)1-3-11(9)23-12-4-2-8(22)6-10(12)14(18,19)20;1-8-6-9(18)2-4-11(8)12-5-3-10(19)7-13(12)20-14(15,16)17;15-7-19-13-5-9(17)1-3-11(13)12-4-2-10(18)6-14(12)20-8-16;10-1-2-16-8-6(14)3-5(4-7(8)15)9(11,12)13;2-1(3,4)5;;;;;;/h1-2,19H,34-35H2;3-6H,23-24H2,1-2H3;1-6H,21-22H2;2-7H,18-19H2,1H3;1-6H,7-8,17-18H2;3-4H,1-2,14-15H2;;4*1H4;2*1H. The van der Waals surface area contributed by atoms with Crippen molar-refractivity contribution in [1.29, 1.82) is 0 Å². The van der Waals surface area contributed by atoms with Crippen LogP contribution in [0.3, 0.4) is 0 Å². The van der Waals surface area contributed by atoms with E-state index in [4.69, 9.17) is 92.5 Å². The molecule has 0 spiro atoms. The van der Waals surface area contributed by atoms with Crippen LogP contribution in [0, 0.1) is 78.9 Å². The van der Waals surface area contributed by atoms with E-state index < -0.39 is 219 Å². The molecule has 0 heterocycles. The number of alkyl halides is 28. The average molecular weight is 2220 g/mol. The van der Waals surface area contributed by atoms with Crippen molar-refractivity contribution in [3.63, 3.8) is 0 Å². The van der Waals surface area contributed by atoms with Gasteiger partial charge in [0.05, 0.1) is 56.1 Å². The van der Waals surface area contributed by atoms with Gasteiger partial charge >= 0.3 is 49.9 Å². The summed E-state index contributed by atoms with van der Waals surface area (Å²) >= 11 is 0. The number of hydrogen-bond acceptors (Lipinski definition) is 18. The van der Waals surface area contributed by atoms with Gasteiger partial charge in [-0.3, -0.25) is 9.41 Å². The van der Waals surface area contributed by atoms with Crippen LogP contribution in [0.1, 0.15) is 97.0 Å². The first kappa shape index (κ1) is 134. The largest absolute Gasteiger partial charge is 0.573 e. The predicted molar refractivity (Wildman–Crippen MR) is 484 cm³/mol. The summed E-state index contributed by atoms with van der Waals surface area (Å²) in [6.45, 7) is 1.51. The number of nitrogens with two attached hydrogens (primary N) is 12. The lowest BCUT2D eigenvalue weighted by molar-refractivity contribution is -0.274. The third-order valence-electron chi connectivity index (χ3n) is 18.4. The third-order valence-corrected chi connectivity index (χ3v) is 18.4. The number of rotatable bonds is 17. The molecule has 12 rings (SSSR count). The van der Waals surface area contributed by atoms with Gasteiger partial charge in [-0.05, 0) is 182 Å². The Hall–Kier alpha value is -15.8. The zero-order chi connectivity index (χ0) is 110. The van der Waals surface area contributed by atoms with Crippen LogP contribution in [0.25, 0.3) is 33.4 Å². The average Bonchev–Trinajstić information content (AvgIpc) is 0.776. The van der Waals surface area contributed by atoms with Gasteiger partial charge in [0.15, 0.2) is 64.1 Å². The molecular formula is C92H86F40N12O6. The molecule has 24 N–H and O–H groups in total. The molecule has 0 aliphatic heterocycles. The fourth-order valence-electron chi connectivity index (χ4n) is 12.6. The molecule has 0 saturated heterocycles. The molecule has 0 aromatic heterocycles. The Labute approximate surface area is 823 Å². The first-order chi connectivity index (χ1) is 66.1. The smallest absolute Gasteiger partial charge is 0.487 e. The zero-order valence-electron chi connectivity index (χ0n) is 73.0. The fourth-order valence-corrected chi connectivity index (χ4v) is 12.6. The van der Waals surface area contributed by atoms with Crippen molar-refractivity contribution in [1.82, 2.24) is 0 Å². The summed E-state index contributed by atoms with van der Waals surface area (Å²) in [6.07, 6.45) is -42.9. The van der Waals surface area contributed by atoms with Crippen molar-refractivity contribution in [3.05, 3.63) is 277 Å². The van der Waals surface area contributed by atoms with E-state index in [1.807, 2.05) is 0 Å². The second-order valence-corrected chi connectivity index (χ2v) is 28.9. The number of halogens is 40. The predicted octanol–water partition coefficient (Wildman–Crippen LogP) is 29.7. The van der Waals surface area contributed by atoms with E-state index in [0.29, 0.717) is 75.7 Å². The molecule has 58 heteroatoms. The van der Waals surface area contributed by atoms with Crippen molar-refractivity contribution in [2.75, 3.05) is 95.8 Å². The number of anilines is 12. The SMILES string of the molecule is C.C.C.C.Cc1cc(N)cc(C)c1-c1c(C(F)(F)F)cc(N)cc1C(F)(F)F.Cc1cc(N)ccc1-c1ccc(N)cc1OC(F)(F)F.F.F.FC(F)(F)F.Nc1cc(C(F)(F)F)cc(N)c1OC(c1c(F)c(F)c(F)c(F)c1F)c1c(F)c(F)c(F)c(F)c1F.Nc1cc(C(F)(F)F)cc(N)c1OCCF.Nc1ccc(-c2ccc(N)cc2OCF)c(OCF)c1.Nc1ccc(Oc2ccc(N)cc2C(F)(F)F)c(C(F)(F)F)c1. The molecule has 830 valence electrons. The van der Waals surface area contributed by atoms with Crippen LogP contribution in [-0.2, 0) is 37.1 Å². The van der Waals surface area contributed by atoms with E-state index in [2.05, 4.69) is 4.74 Å². The Balaban J connectivity index is 0.00000177. The van der Waals surface area contributed by atoms with Crippen molar-refractivity contribution in [3.8, 4) is 73.6 Å². The molecule has 0 aliphatic rings. The minimum atomic E-state index is -5.50. The molecule has 0 unspecified atom stereocenters. The van der Waals surface area contributed by atoms with Gasteiger partial charge in [-0.25, -0.2) is 57.1 Å². The molecule has 150 heavy (non-hydrogen) atoms. The van der Waals surface area contributed by atoms with Crippen LogP contribution in [0.2, 0.25) is 0 Å². The Kier molecular flexibility index (Phi) is 47.6. The number of ether oxygens (including phenoxy) is 6. The Morgan fingerprint density at radius 1 is 0.267 bits per heavy atom. The van der Waals surface area contributed by atoms with E-state index in [0.717, 1.165) is 35.9 Å². The van der Waals surface area contributed by atoms with E-state index in [1.54, 1.807) is 49.4 Å².